The van der Waals surface area contributed by atoms with Crippen LogP contribution in [0.25, 0.3) is 10.2 Å². The third kappa shape index (κ3) is 3.83. The Hall–Kier alpha value is -2.54. The summed E-state index contributed by atoms with van der Waals surface area (Å²) in [6.45, 7) is 8.95. The number of carbonyl (C=O) groups excluding carboxylic acids is 1. The van der Waals surface area contributed by atoms with E-state index in [1.165, 1.54) is 4.70 Å². The summed E-state index contributed by atoms with van der Waals surface area (Å²) in [4.78, 5) is 39.5. The van der Waals surface area contributed by atoms with Crippen LogP contribution in [0.4, 0.5) is 0 Å². The molecular weight excluding hydrogens is 384 g/mol. The molecule has 29 heavy (non-hydrogen) atoms. The molecule has 1 aromatic carbocycles. The van der Waals surface area contributed by atoms with Crippen molar-refractivity contribution in [1.82, 2.24) is 19.9 Å². The van der Waals surface area contributed by atoms with E-state index in [1.54, 1.807) is 23.2 Å². The van der Waals surface area contributed by atoms with Gasteiger partial charge in [-0.1, -0.05) is 32.9 Å². The Morgan fingerprint density at radius 1 is 1.17 bits per heavy atom. The topological polar surface area (TPSA) is 79.0 Å². The largest absolute Gasteiger partial charge is 0.338 e. The van der Waals surface area contributed by atoms with Crippen LogP contribution in [0.3, 0.4) is 0 Å². The molecule has 0 unspecified atom stereocenters. The molecule has 0 saturated carbocycles. The predicted octanol–water partition coefficient (Wildman–Crippen LogP) is 4.01. The minimum Gasteiger partial charge on any atom is -0.338 e. The van der Waals surface area contributed by atoms with Crippen LogP contribution in [-0.4, -0.2) is 38.8 Å². The number of likely N-dealkylation sites (tertiary alicyclic amines) is 1. The lowest BCUT2D eigenvalue weighted by atomic mass is 9.95. The van der Waals surface area contributed by atoms with Gasteiger partial charge in [0.2, 0.25) is 0 Å². The van der Waals surface area contributed by atoms with E-state index in [-0.39, 0.29) is 22.4 Å². The molecule has 6 nitrogen and oxygen atoms in total. The van der Waals surface area contributed by atoms with Crippen molar-refractivity contribution in [3.05, 3.63) is 56.7 Å². The highest BCUT2D eigenvalue weighted by Gasteiger charge is 2.29. The number of fused-ring (bicyclic) bond motifs is 1. The second-order valence-corrected chi connectivity index (χ2v) is 9.77. The van der Waals surface area contributed by atoms with Crippen LogP contribution in [-0.2, 0) is 5.41 Å². The van der Waals surface area contributed by atoms with Crippen molar-refractivity contribution in [3.8, 4) is 0 Å². The predicted molar refractivity (Wildman–Crippen MR) is 116 cm³/mol. The quantitative estimate of drug-likeness (QED) is 0.692. The lowest BCUT2D eigenvalue weighted by molar-refractivity contribution is 0.0709. The molecule has 7 heteroatoms. The van der Waals surface area contributed by atoms with E-state index in [4.69, 9.17) is 4.98 Å². The van der Waals surface area contributed by atoms with Gasteiger partial charge in [-0.15, -0.1) is 11.3 Å². The van der Waals surface area contributed by atoms with Crippen LogP contribution in [0, 0.1) is 6.92 Å². The smallest absolute Gasteiger partial charge is 0.264 e. The number of nitrogens with one attached hydrogen (secondary N) is 1. The van der Waals surface area contributed by atoms with Crippen LogP contribution in [0.5, 0.6) is 0 Å². The maximum absolute atomic E-state index is 13.0. The van der Waals surface area contributed by atoms with Crippen molar-refractivity contribution < 1.29 is 4.79 Å². The fourth-order valence-corrected chi connectivity index (χ4v) is 4.88. The average molecular weight is 411 g/mol. The molecule has 0 radical (unpaired) electrons. The van der Waals surface area contributed by atoms with Crippen LogP contribution in [0.15, 0.2) is 29.1 Å². The van der Waals surface area contributed by atoms with Gasteiger partial charge < -0.3 is 9.88 Å². The fraction of sp³-hybridized carbons (Fsp3) is 0.455. The zero-order chi connectivity index (χ0) is 20.8. The van der Waals surface area contributed by atoms with E-state index in [2.05, 4.69) is 16.0 Å². The summed E-state index contributed by atoms with van der Waals surface area (Å²) in [6, 6.07) is 8.17. The zero-order valence-corrected chi connectivity index (χ0v) is 18.1. The van der Waals surface area contributed by atoms with Gasteiger partial charge in [0.1, 0.15) is 11.4 Å². The lowest BCUT2D eigenvalue weighted by Crippen LogP contribution is -2.41. The van der Waals surface area contributed by atoms with Crippen molar-refractivity contribution in [2.24, 2.45) is 0 Å². The molecule has 0 spiro atoms. The molecule has 1 aliphatic rings. The van der Waals surface area contributed by atoms with Gasteiger partial charge in [0.05, 0.1) is 20.9 Å². The summed E-state index contributed by atoms with van der Waals surface area (Å²) in [7, 11) is 0. The van der Waals surface area contributed by atoms with E-state index < -0.39 is 0 Å². The SMILES string of the molecule is Cc1nc(C(C)(C)C)[nH]c(=O)c1C(=O)N1CCC(c2nc3ccccc3s2)CC1. The Morgan fingerprint density at radius 2 is 1.86 bits per heavy atom. The number of piperidine rings is 1. The first-order valence-corrected chi connectivity index (χ1v) is 10.8. The Morgan fingerprint density at radius 3 is 2.48 bits per heavy atom. The molecule has 1 aliphatic heterocycles. The Kier molecular flexibility index (Phi) is 5.02. The molecule has 2 aromatic heterocycles. The number of carbonyl (C=O) groups is 1. The van der Waals surface area contributed by atoms with Crippen molar-refractivity contribution >= 4 is 27.5 Å². The van der Waals surface area contributed by atoms with E-state index >= 15 is 0 Å². The third-order valence-corrected chi connectivity index (χ3v) is 6.67. The fourth-order valence-electron chi connectivity index (χ4n) is 3.75. The van der Waals surface area contributed by atoms with E-state index in [9.17, 15) is 9.59 Å². The number of benzene rings is 1. The number of hydrogen-bond acceptors (Lipinski definition) is 5. The number of H-pyrrole nitrogens is 1. The number of aromatic amines is 1. The molecule has 1 fully saturated rings. The number of para-hydroxylation sites is 1. The maximum atomic E-state index is 13.0. The van der Waals surface area contributed by atoms with Gasteiger partial charge in [-0.05, 0) is 31.9 Å². The number of hydrogen-bond donors (Lipinski definition) is 1. The van der Waals surface area contributed by atoms with Gasteiger partial charge in [-0.25, -0.2) is 9.97 Å². The molecule has 0 aliphatic carbocycles. The van der Waals surface area contributed by atoms with Gasteiger partial charge >= 0.3 is 0 Å². The Bertz CT molecular complexity index is 1080. The number of rotatable bonds is 2. The van der Waals surface area contributed by atoms with Crippen LogP contribution < -0.4 is 5.56 Å². The summed E-state index contributed by atoms with van der Waals surface area (Å²) in [6.07, 6.45) is 1.71. The van der Waals surface area contributed by atoms with Gasteiger partial charge in [0.15, 0.2) is 0 Å². The highest BCUT2D eigenvalue weighted by atomic mass is 32.1. The van der Waals surface area contributed by atoms with Crippen molar-refractivity contribution in [1.29, 1.82) is 0 Å². The Balaban J connectivity index is 1.50. The van der Waals surface area contributed by atoms with Crippen molar-refractivity contribution in [2.45, 2.75) is 51.9 Å². The second kappa shape index (κ2) is 7.37. The summed E-state index contributed by atoms with van der Waals surface area (Å²) < 4.78 is 1.20. The molecular formula is C22H26N4O2S. The summed E-state index contributed by atoms with van der Waals surface area (Å²) >= 11 is 1.74. The standard InChI is InChI=1S/C22H26N4O2S/c1-13-17(18(27)25-21(23-13)22(2,3)4)20(28)26-11-9-14(10-12-26)19-24-15-7-5-6-8-16(15)29-19/h5-8,14H,9-12H2,1-4H3,(H,23,25,27). The van der Waals surface area contributed by atoms with E-state index in [0.29, 0.717) is 30.5 Å². The minimum atomic E-state index is -0.347. The van der Waals surface area contributed by atoms with Crippen LogP contribution in [0.1, 0.15) is 66.4 Å². The molecule has 3 aromatic rings. The second-order valence-electron chi connectivity index (χ2n) is 8.71. The van der Waals surface area contributed by atoms with E-state index in [1.807, 2.05) is 39.0 Å². The van der Waals surface area contributed by atoms with Crippen LogP contribution >= 0.6 is 11.3 Å². The average Bonchev–Trinajstić information content (AvgIpc) is 3.11. The molecule has 1 saturated heterocycles. The number of amides is 1. The van der Waals surface area contributed by atoms with Crippen molar-refractivity contribution in [3.63, 3.8) is 0 Å². The summed E-state index contributed by atoms with van der Waals surface area (Å²) in [5.74, 6) is 0.739. The third-order valence-electron chi connectivity index (χ3n) is 5.47. The minimum absolute atomic E-state index is 0.163. The molecule has 4 rings (SSSR count). The zero-order valence-electron chi connectivity index (χ0n) is 17.3. The molecule has 152 valence electrons. The first-order chi connectivity index (χ1) is 13.7. The van der Waals surface area contributed by atoms with Gasteiger partial charge in [0.25, 0.3) is 11.5 Å². The molecule has 0 atom stereocenters. The first kappa shape index (κ1) is 19.8. The summed E-state index contributed by atoms with van der Waals surface area (Å²) in [5.41, 5.74) is 1.08. The summed E-state index contributed by atoms with van der Waals surface area (Å²) in [5, 5.41) is 1.14. The number of aryl methyl sites for hydroxylation is 1. The van der Waals surface area contributed by atoms with Crippen molar-refractivity contribution in [2.75, 3.05) is 13.1 Å². The number of aromatic nitrogens is 3. The molecule has 3 heterocycles. The molecule has 1 amide bonds. The van der Waals surface area contributed by atoms with E-state index in [0.717, 1.165) is 23.4 Å². The number of nitrogens with zero attached hydrogens (tertiary/aromatic N) is 3. The number of thiazole rings is 1. The molecule has 1 N–H and O–H groups in total. The monoisotopic (exact) mass is 410 g/mol. The normalized spacial score (nSPS) is 15.8. The molecule has 0 bridgehead atoms. The maximum Gasteiger partial charge on any atom is 0.264 e. The van der Waals surface area contributed by atoms with Gasteiger partial charge in [0, 0.05) is 24.4 Å². The highest BCUT2D eigenvalue weighted by molar-refractivity contribution is 7.18. The lowest BCUT2D eigenvalue weighted by Gasteiger charge is -2.31. The van der Waals surface area contributed by atoms with Gasteiger partial charge in [-0.2, -0.15) is 0 Å². The van der Waals surface area contributed by atoms with Crippen LogP contribution in [0.2, 0.25) is 0 Å². The van der Waals surface area contributed by atoms with Gasteiger partial charge in [-0.3, -0.25) is 9.59 Å². The Labute approximate surface area is 174 Å². The first-order valence-electron chi connectivity index (χ1n) is 10.00. The highest BCUT2D eigenvalue weighted by Crippen LogP contribution is 2.34.